The van der Waals surface area contributed by atoms with Gasteiger partial charge in [-0.1, -0.05) is 6.92 Å². The smallest absolute Gasteiger partial charge is 0.237 e. The fourth-order valence-corrected chi connectivity index (χ4v) is 2.63. The summed E-state index contributed by atoms with van der Waals surface area (Å²) in [7, 11) is 1.53. The van der Waals surface area contributed by atoms with Crippen LogP contribution in [0.25, 0.3) is 0 Å². The first-order valence-electron chi connectivity index (χ1n) is 7.93. The van der Waals surface area contributed by atoms with E-state index in [1.165, 1.54) is 19.4 Å². The van der Waals surface area contributed by atoms with E-state index in [2.05, 4.69) is 20.3 Å². The van der Waals surface area contributed by atoms with Crippen LogP contribution in [0.2, 0.25) is 0 Å². The molecule has 0 fully saturated rings. The van der Waals surface area contributed by atoms with E-state index >= 15 is 0 Å². The number of hydrogen-bond acceptors (Lipinski definition) is 7. The van der Waals surface area contributed by atoms with Crippen molar-refractivity contribution in [2.24, 2.45) is 0 Å². The van der Waals surface area contributed by atoms with Gasteiger partial charge in [-0.25, -0.2) is 14.4 Å². The normalized spacial score (nSPS) is 11.8. The van der Waals surface area contributed by atoms with Gasteiger partial charge in [0.05, 0.1) is 19.0 Å². The number of aromatic nitrogens is 3. The first kappa shape index (κ1) is 17.4. The van der Waals surface area contributed by atoms with Crippen LogP contribution in [0.5, 0.6) is 5.88 Å². The molecule has 26 heavy (non-hydrogen) atoms. The molecule has 0 spiro atoms. The highest BCUT2D eigenvalue weighted by atomic mass is 19.1. The Bertz CT molecular complexity index is 916. The van der Waals surface area contributed by atoms with Gasteiger partial charge in [0.15, 0.2) is 5.82 Å². The third-order valence-corrected chi connectivity index (χ3v) is 3.99. The molecule has 3 rings (SSSR count). The van der Waals surface area contributed by atoms with E-state index in [-0.39, 0.29) is 5.92 Å². The van der Waals surface area contributed by atoms with Crippen LogP contribution in [0.15, 0.2) is 42.7 Å². The van der Waals surface area contributed by atoms with Gasteiger partial charge in [-0.05, 0) is 35.9 Å². The maximum atomic E-state index is 13.1. The van der Waals surface area contributed by atoms with Gasteiger partial charge in [-0.2, -0.15) is 0 Å². The lowest BCUT2D eigenvalue weighted by Crippen LogP contribution is -2.10. The molecular formula is C18H19FN6O. The number of methoxy groups -OCH3 is 1. The van der Waals surface area contributed by atoms with Crippen molar-refractivity contribution in [3.63, 3.8) is 0 Å². The molecule has 0 radical (unpaired) electrons. The summed E-state index contributed by atoms with van der Waals surface area (Å²) in [5, 5.41) is 3.10. The zero-order valence-electron chi connectivity index (χ0n) is 14.4. The quantitative estimate of drug-likeness (QED) is 0.645. The Morgan fingerprint density at radius 3 is 2.69 bits per heavy atom. The summed E-state index contributed by atoms with van der Waals surface area (Å²) in [5.41, 5.74) is 14.7. The number of rotatable bonds is 5. The third kappa shape index (κ3) is 3.49. The number of pyridine rings is 3. The van der Waals surface area contributed by atoms with Crippen LogP contribution < -0.4 is 21.5 Å². The summed E-state index contributed by atoms with van der Waals surface area (Å²) >= 11 is 0. The molecular weight excluding hydrogens is 335 g/mol. The van der Waals surface area contributed by atoms with E-state index in [0.29, 0.717) is 34.6 Å². The molecule has 7 nitrogen and oxygen atoms in total. The number of nitrogen functional groups attached to an aromatic ring is 2. The average molecular weight is 354 g/mol. The first-order chi connectivity index (χ1) is 12.5. The summed E-state index contributed by atoms with van der Waals surface area (Å²) in [6.45, 7) is 1.92. The highest BCUT2D eigenvalue weighted by Gasteiger charge is 2.18. The van der Waals surface area contributed by atoms with Crippen molar-refractivity contribution in [3.05, 3.63) is 59.8 Å². The van der Waals surface area contributed by atoms with Gasteiger partial charge in [0.2, 0.25) is 5.88 Å². The Morgan fingerprint density at radius 2 is 2.00 bits per heavy atom. The van der Waals surface area contributed by atoms with E-state index in [4.69, 9.17) is 16.2 Å². The van der Waals surface area contributed by atoms with Crippen molar-refractivity contribution in [2.45, 2.75) is 12.8 Å². The molecule has 0 saturated heterocycles. The maximum Gasteiger partial charge on any atom is 0.237 e. The van der Waals surface area contributed by atoms with Gasteiger partial charge >= 0.3 is 0 Å². The molecule has 0 aliphatic rings. The largest absolute Gasteiger partial charge is 0.480 e. The van der Waals surface area contributed by atoms with E-state index in [0.717, 1.165) is 5.56 Å². The van der Waals surface area contributed by atoms with Crippen LogP contribution in [-0.4, -0.2) is 22.1 Å². The molecule has 0 aliphatic carbocycles. The van der Waals surface area contributed by atoms with Crippen LogP contribution in [0, 0.1) is 5.82 Å². The van der Waals surface area contributed by atoms with Crippen molar-refractivity contribution in [1.29, 1.82) is 0 Å². The summed E-state index contributed by atoms with van der Waals surface area (Å²) in [4.78, 5) is 12.5. The lowest BCUT2D eigenvalue weighted by molar-refractivity contribution is 0.400. The Balaban J connectivity index is 1.99. The van der Waals surface area contributed by atoms with Crippen molar-refractivity contribution in [3.8, 4) is 5.88 Å². The molecule has 5 N–H and O–H groups in total. The Kier molecular flexibility index (Phi) is 4.83. The van der Waals surface area contributed by atoms with Crippen LogP contribution in [-0.2, 0) is 0 Å². The second-order valence-electron chi connectivity index (χ2n) is 5.71. The molecule has 8 heteroatoms. The van der Waals surface area contributed by atoms with Gasteiger partial charge in [0.1, 0.15) is 17.3 Å². The number of nitrogens with one attached hydrogen (secondary N) is 1. The van der Waals surface area contributed by atoms with Crippen LogP contribution in [0.1, 0.15) is 24.1 Å². The summed E-state index contributed by atoms with van der Waals surface area (Å²) in [6.07, 6.45) is 2.79. The predicted molar refractivity (Wildman–Crippen MR) is 98.8 cm³/mol. The summed E-state index contributed by atoms with van der Waals surface area (Å²) < 4.78 is 18.4. The van der Waals surface area contributed by atoms with Crippen LogP contribution >= 0.6 is 0 Å². The van der Waals surface area contributed by atoms with Crippen LogP contribution in [0.4, 0.5) is 27.4 Å². The number of nitrogens with zero attached hydrogens (tertiary/aromatic N) is 3. The third-order valence-electron chi connectivity index (χ3n) is 3.99. The lowest BCUT2D eigenvalue weighted by Gasteiger charge is -2.18. The number of nitrogens with two attached hydrogens (primary N) is 2. The fraction of sp³-hybridized carbons (Fsp3) is 0.167. The number of anilines is 4. The molecule has 0 bridgehead atoms. The molecule has 1 atom stereocenters. The number of halogens is 1. The van der Waals surface area contributed by atoms with E-state index in [9.17, 15) is 4.39 Å². The highest BCUT2D eigenvalue weighted by Crippen LogP contribution is 2.35. The zero-order valence-corrected chi connectivity index (χ0v) is 14.4. The standard InChI is InChI=1S/C18H19FN6O/c1-10(13-6-5-11(19)9-23-13)12-8-15(20)25-17(16(12)21)24-14-4-3-7-22-18(14)26-2/h3-10H,21H2,1-2H3,(H3,20,24,25)/t10-/m0/s1. The summed E-state index contributed by atoms with van der Waals surface area (Å²) in [5.74, 6) is 0.506. The minimum atomic E-state index is -0.394. The first-order valence-corrected chi connectivity index (χ1v) is 7.93. The van der Waals surface area contributed by atoms with Gasteiger partial charge in [0.25, 0.3) is 0 Å². The second-order valence-corrected chi connectivity index (χ2v) is 5.71. The monoisotopic (exact) mass is 354 g/mol. The lowest BCUT2D eigenvalue weighted by atomic mass is 9.96. The average Bonchev–Trinajstić information content (AvgIpc) is 2.65. The predicted octanol–water partition coefficient (Wildman–Crippen LogP) is 3.08. The Hall–Kier alpha value is -3.42. The minimum Gasteiger partial charge on any atom is -0.480 e. The molecule has 0 amide bonds. The molecule has 0 saturated carbocycles. The molecule has 3 heterocycles. The number of hydrogen-bond donors (Lipinski definition) is 3. The topological polar surface area (TPSA) is 112 Å². The van der Waals surface area contributed by atoms with Crippen molar-refractivity contribution >= 4 is 23.0 Å². The number of ether oxygens (including phenoxy) is 1. The Labute approximate surface area is 150 Å². The van der Waals surface area contributed by atoms with Crippen LogP contribution in [0.3, 0.4) is 0 Å². The molecule has 134 valence electrons. The van der Waals surface area contributed by atoms with Crippen molar-refractivity contribution in [1.82, 2.24) is 15.0 Å². The molecule has 0 aromatic carbocycles. The Morgan fingerprint density at radius 1 is 1.19 bits per heavy atom. The van der Waals surface area contributed by atoms with E-state index < -0.39 is 5.82 Å². The van der Waals surface area contributed by atoms with Gasteiger partial charge in [-0.3, -0.25) is 4.98 Å². The zero-order chi connectivity index (χ0) is 18.7. The molecule has 0 unspecified atom stereocenters. The van der Waals surface area contributed by atoms with Gasteiger partial charge in [-0.15, -0.1) is 0 Å². The van der Waals surface area contributed by atoms with Gasteiger partial charge in [0, 0.05) is 17.8 Å². The summed E-state index contributed by atoms with van der Waals surface area (Å²) in [6, 6.07) is 8.23. The van der Waals surface area contributed by atoms with E-state index in [1.807, 2.05) is 6.92 Å². The maximum absolute atomic E-state index is 13.1. The minimum absolute atomic E-state index is 0.197. The van der Waals surface area contributed by atoms with Crippen molar-refractivity contribution in [2.75, 3.05) is 23.9 Å². The highest BCUT2D eigenvalue weighted by molar-refractivity contribution is 5.76. The van der Waals surface area contributed by atoms with E-state index in [1.54, 1.807) is 30.5 Å². The molecule has 3 aromatic rings. The van der Waals surface area contributed by atoms with Gasteiger partial charge < -0.3 is 21.5 Å². The molecule has 0 aliphatic heterocycles. The fourth-order valence-electron chi connectivity index (χ4n) is 2.63. The second kappa shape index (κ2) is 7.22. The SMILES string of the molecule is COc1ncccc1Nc1nc(N)cc([C@H](C)c2ccc(F)cn2)c1N. The van der Waals surface area contributed by atoms with Crippen molar-refractivity contribution < 1.29 is 9.13 Å². The molecule has 3 aromatic heterocycles.